The van der Waals surface area contributed by atoms with E-state index in [0.717, 1.165) is 12.1 Å². The number of carbonyl (C=O) groups is 2. The summed E-state index contributed by atoms with van der Waals surface area (Å²) in [6.07, 6.45) is -6.34. The lowest BCUT2D eigenvalue weighted by molar-refractivity contribution is -0.150. The molecule has 1 aromatic carbocycles. The molecular formula is C10H9F3N2O3. The van der Waals surface area contributed by atoms with Gasteiger partial charge in [0.05, 0.1) is 11.3 Å². The van der Waals surface area contributed by atoms with Crippen molar-refractivity contribution in [1.29, 1.82) is 0 Å². The number of amides is 1. The first-order chi connectivity index (χ1) is 8.19. The number of anilines is 2. The van der Waals surface area contributed by atoms with E-state index in [1.165, 1.54) is 6.07 Å². The van der Waals surface area contributed by atoms with E-state index >= 15 is 0 Å². The maximum absolute atomic E-state index is 11.9. The lowest BCUT2D eigenvalue weighted by Gasteiger charge is -2.10. The quantitative estimate of drug-likeness (QED) is 0.725. The van der Waals surface area contributed by atoms with Crippen LogP contribution in [0.3, 0.4) is 0 Å². The van der Waals surface area contributed by atoms with Crippen molar-refractivity contribution in [2.45, 2.75) is 12.6 Å². The van der Waals surface area contributed by atoms with Crippen LogP contribution >= 0.6 is 0 Å². The molecule has 1 amide bonds. The number of benzene rings is 1. The normalized spacial score (nSPS) is 11.1. The van der Waals surface area contributed by atoms with E-state index in [2.05, 4.69) is 0 Å². The molecule has 5 nitrogen and oxygen atoms in total. The van der Waals surface area contributed by atoms with Crippen LogP contribution in [-0.4, -0.2) is 23.2 Å². The van der Waals surface area contributed by atoms with Crippen molar-refractivity contribution in [3.05, 3.63) is 23.8 Å². The minimum Gasteiger partial charge on any atom is -0.478 e. The summed E-state index contributed by atoms with van der Waals surface area (Å²) in [4.78, 5) is 21.8. The second kappa shape index (κ2) is 4.94. The van der Waals surface area contributed by atoms with Gasteiger partial charge >= 0.3 is 12.1 Å². The number of carbonyl (C=O) groups excluding carboxylic acids is 1. The largest absolute Gasteiger partial charge is 0.478 e. The number of carboxylic acids is 1. The van der Waals surface area contributed by atoms with Gasteiger partial charge in [0.15, 0.2) is 0 Å². The van der Waals surface area contributed by atoms with Gasteiger partial charge in [0.1, 0.15) is 6.42 Å². The van der Waals surface area contributed by atoms with E-state index in [1.54, 1.807) is 0 Å². The average molecular weight is 262 g/mol. The first-order valence-electron chi connectivity index (χ1n) is 4.68. The number of halogens is 3. The van der Waals surface area contributed by atoms with Crippen LogP contribution in [0.2, 0.25) is 0 Å². The molecule has 4 N–H and O–H groups in total. The highest BCUT2D eigenvalue weighted by Gasteiger charge is 2.31. The smallest absolute Gasteiger partial charge is 0.397 e. The zero-order valence-electron chi connectivity index (χ0n) is 8.91. The Labute approximate surface area is 99.4 Å². The lowest BCUT2D eigenvalue weighted by Crippen LogP contribution is -2.22. The predicted molar refractivity (Wildman–Crippen MR) is 57.1 cm³/mol. The van der Waals surface area contributed by atoms with Crippen molar-refractivity contribution < 1.29 is 27.9 Å². The average Bonchev–Trinajstić information content (AvgIpc) is 2.17. The van der Waals surface area contributed by atoms with E-state index in [9.17, 15) is 22.8 Å². The lowest BCUT2D eigenvalue weighted by atomic mass is 10.1. The van der Waals surface area contributed by atoms with Gasteiger partial charge in [-0.3, -0.25) is 4.79 Å². The zero-order valence-corrected chi connectivity index (χ0v) is 8.91. The highest BCUT2D eigenvalue weighted by molar-refractivity contribution is 6.01. The number of nitrogens with one attached hydrogen (secondary N) is 1. The second-order valence-corrected chi connectivity index (χ2v) is 3.45. The molecule has 0 aliphatic carbocycles. The van der Waals surface area contributed by atoms with Gasteiger partial charge in [-0.2, -0.15) is 13.2 Å². The number of hydrogen-bond acceptors (Lipinski definition) is 3. The monoisotopic (exact) mass is 262 g/mol. The standard InChI is InChI=1S/C10H9F3N2O3/c11-10(12,13)4-8(16)15-7-2-1-5(14)3-6(7)9(17)18/h1-3H,4,14H2,(H,15,16)(H,17,18). The Balaban J connectivity index is 2.91. The molecule has 0 aliphatic rings. The summed E-state index contributed by atoms with van der Waals surface area (Å²) in [7, 11) is 0. The fourth-order valence-electron chi connectivity index (χ4n) is 1.22. The number of rotatable bonds is 3. The van der Waals surface area contributed by atoms with Crippen LogP contribution in [-0.2, 0) is 4.79 Å². The Morgan fingerprint density at radius 3 is 2.44 bits per heavy atom. The molecule has 0 spiro atoms. The molecule has 0 aromatic heterocycles. The van der Waals surface area contributed by atoms with Crippen molar-refractivity contribution in [3.8, 4) is 0 Å². The van der Waals surface area contributed by atoms with E-state index < -0.39 is 24.5 Å². The first-order valence-corrected chi connectivity index (χ1v) is 4.68. The van der Waals surface area contributed by atoms with Gasteiger partial charge < -0.3 is 16.2 Å². The van der Waals surface area contributed by atoms with E-state index in [0.29, 0.717) is 0 Å². The minimum absolute atomic E-state index is 0.126. The number of aromatic carboxylic acids is 1. The third-order valence-corrected chi connectivity index (χ3v) is 1.91. The molecule has 8 heteroatoms. The molecule has 0 fully saturated rings. The Morgan fingerprint density at radius 2 is 1.94 bits per heavy atom. The van der Waals surface area contributed by atoms with Crippen LogP contribution in [0, 0.1) is 0 Å². The van der Waals surface area contributed by atoms with Crippen molar-refractivity contribution in [2.24, 2.45) is 0 Å². The molecule has 0 unspecified atom stereocenters. The highest BCUT2D eigenvalue weighted by Crippen LogP contribution is 2.23. The van der Waals surface area contributed by atoms with Crippen molar-refractivity contribution in [2.75, 3.05) is 11.1 Å². The number of alkyl halides is 3. The first kappa shape index (κ1) is 13.8. The highest BCUT2D eigenvalue weighted by atomic mass is 19.4. The second-order valence-electron chi connectivity index (χ2n) is 3.45. The fraction of sp³-hybridized carbons (Fsp3) is 0.200. The van der Waals surface area contributed by atoms with Gasteiger partial charge in [0.25, 0.3) is 0 Å². The summed E-state index contributed by atoms with van der Waals surface area (Å²) in [5, 5.41) is 10.7. The Hall–Kier alpha value is -2.25. The van der Waals surface area contributed by atoms with Crippen LogP contribution in [0.4, 0.5) is 24.5 Å². The molecule has 0 heterocycles. The molecule has 18 heavy (non-hydrogen) atoms. The van der Waals surface area contributed by atoms with Crippen molar-refractivity contribution in [3.63, 3.8) is 0 Å². The summed E-state index contributed by atoms with van der Waals surface area (Å²) in [5.74, 6) is -2.74. The van der Waals surface area contributed by atoms with Gasteiger partial charge in [-0.15, -0.1) is 0 Å². The van der Waals surface area contributed by atoms with Crippen LogP contribution < -0.4 is 11.1 Å². The fourth-order valence-corrected chi connectivity index (χ4v) is 1.22. The Morgan fingerprint density at radius 1 is 1.33 bits per heavy atom. The third-order valence-electron chi connectivity index (χ3n) is 1.91. The molecule has 0 bridgehead atoms. The zero-order chi connectivity index (χ0) is 13.9. The number of nitrogen functional groups attached to an aromatic ring is 1. The van der Waals surface area contributed by atoms with Gasteiger partial charge in [-0.05, 0) is 18.2 Å². The maximum Gasteiger partial charge on any atom is 0.397 e. The van der Waals surface area contributed by atoms with Crippen molar-refractivity contribution >= 4 is 23.3 Å². The summed E-state index contributed by atoms with van der Waals surface area (Å²) >= 11 is 0. The van der Waals surface area contributed by atoms with Gasteiger partial charge in [0.2, 0.25) is 5.91 Å². The number of nitrogens with two attached hydrogens (primary N) is 1. The SMILES string of the molecule is Nc1ccc(NC(=O)CC(F)(F)F)c(C(=O)O)c1. The Kier molecular flexibility index (Phi) is 3.79. The summed E-state index contributed by atoms with van der Waals surface area (Å²) in [6, 6.07) is 3.45. The van der Waals surface area contributed by atoms with Crippen LogP contribution in [0.5, 0.6) is 0 Å². The molecular weight excluding hydrogens is 253 g/mol. The maximum atomic E-state index is 11.9. The number of hydrogen-bond donors (Lipinski definition) is 3. The van der Waals surface area contributed by atoms with Gasteiger partial charge in [-0.1, -0.05) is 0 Å². The van der Waals surface area contributed by atoms with Crippen LogP contribution in [0.15, 0.2) is 18.2 Å². The molecule has 0 saturated heterocycles. The van der Waals surface area contributed by atoms with Crippen LogP contribution in [0.1, 0.15) is 16.8 Å². The van der Waals surface area contributed by atoms with Crippen molar-refractivity contribution in [1.82, 2.24) is 0 Å². The molecule has 0 saturated carbocycles. The molecule has 0 aliphatic heterocycles. The van der Waals surface area contributed by atoms with Gasteiger partial charge in [-0.25, -0.2) is 4.79 Å². The summed E-state index contributed by atoms with van der Waals surface area (Å²) < 4.78 is 35.8. The molecule has 98 valence electrons. The van der Waals surface area contributed by atoms with Crippen LogP contribution in [0.25, 0.3) is 0 Å². The summed E-state index contributed by atoms with van der Waals surface area (Å²) in [6.45, 7) is 0. The van der Waals surface area contributed by atoms with E-state index in [1.807, 2.05) is 5.32 Å². The predicted octanol–water partition coefficient (Wildman–Crippen LogP) is 1.86. The molecule has 1 aromatic rings. The molecule has 1 rings (SSSR count). The molecule has 0 radical (unpaired) electrons. The Bertz CT molecular complexity index is 486. The van der Waals surface area contributed by atoms with E-state index in [-0.39, 0.29) is 16.9 Å². The topological polar surface area (TPSA) is 92.4 Å². The third kappa shape index (κ3) is 3.96. The van der Waals surface area contributed by atoms with Gasteiger partial charge in [0, 0.05) is 5.69 Å². The summed E-state index contributed by atoms with van der Waals surface area (Å²) in [5.41, 5.74) is 4.87. The minimum atomic E-state index is -4.65. The van der Waals surface area contributed by atoms with E-state index in [4.69, 9.17) is 10.8 Å². The molecule has 0 atom stereocenters. The number of carboxylic acid groups (broad SMARTS) is 1.